The van der Waals surface area contributed by atoms with Crippen LogP contribution in [0.2, 0.25) is 0 Å². The Morgan fingerprint density at radius 1 is 1.43 bits per heavy atom. The van der Waals surface area contributed by atoms with E-state index >= 15 is 0 Å². The average Bonchev–Trinajstić information content (AvgIpc) is 2.99. The van der Waals surface area contributed by atoms with Gasteiger partial charge in [-0.2, -0.15) is 0 Å². The Bertz CT molecular complexity index is 885. The molecule has 1 aliphatic rings. The van der Waals surface area contributed by atoms with Crippen molar-refractivity contribution in [3.63, 3.8) is 0 Å². The van der Waals surface area contributed by atoms with Crippen LogP contribution in [-0.4, -0.2) is 60.3 Å². The van der Waals surface area contributed by atoms with E-state index in [2.05, 4.69) is 0 Å². The van der Waals surface area contributed by atoms with Gasteiger partial charge >= 0.3 is 5.97 Å². The molecular formula is C17H23N3O7S. The van der Waals surface area contributed by atoms with E-state index in [9.17, 15) is 28.1 Å². The molecule has 0 unspecified atom stereocenters. The normalized spacial score (nSPS) is 19.0. The molecule has 1 aromatic carbocycles. The van der Waals surface area contributed by atoms with Gasteiger partial charge in [-0.15, -0.1) is 0 Å². The lowest BCUT2D eigenvalue weighted by Gasteiger charge is -2.33. The third kappa shape index (κ3) is 4.97. The fraction of sp³-hybridized carbons (Fsp3) is 0.529. The Labute approximate surface area is 162 Å². The van der Waals surface area contributed by atoms with E-state index < -0.39 is 39.3 Å². The van der Waals surface area contributed by atoms with Crippen LogP contribution in [0.4, 0.5) is 11.4 Å². The summed E-state index contributed by atoms with van der Waals surface area (Å²) in [4.78, 5) is 36.5. The zero-order valence-electron chi connectivity index (χ0n) is 15.7. The molecule has 1 heterocycles. The van der Waals surface area contributed by atoms with Crippen molar-refractivity contribution in [1.29, 1.82) is 0 Å². The number of rotatable bonds is 7. The predicted octanol–water partition coefficient (Wildman–Crippen LogP) is 1.15. The molecule has 0 saturated carbocycles. The van der Waals surface area contributed by atoms with Crippen LogP contribution in [0.15, 0.2) is 18.2 Å². The van der Waals surface area contributed by atoms with Gasteiger partial charge in [-0.05, 0) is 25.8 Å². The standard InChI is InChI=1S/C17H23N3O7S/c1-3-11(2)19(13-6-7-28(25,26)10-13)16(21)9-27-17(22)14-8-12(20(23)24)4-5-15(14)18/h4-5,8,11,13H,3,6-7,9-10,18H2,1-2H3/t11-,13-/m0/s1. The number of carbonyl (C=O) groups is 2. The van der Waals surface area contributed by atoms with Crippen molar-refractivity contribution in [2.24, 2.45) is 0 Å². The first-order valence-electron chi connectivity index (χ1n) is 8.78. The Kier molecular flexibility index (Phi) is 6.60. The molecule has 1 aromatic rings. The first kappa shape index (κ1) is 21.6. The second kappa shape index (κ2) is 8.55. The highest BCUT2D eigenvalue weighted by Crippen LogP contribution is 2.23. The van der Waals surface area contributed by atoms with Crippen molar-refractivity contribution in [2.45, 2.75) is 38.8 Å². The molecule has 1 fully saturated rings. The van der Waals surface area contributed by atoms with E-state index in [1.54, 1.807) is 6.92 Å². The van der Waals surface area contributed by atoms with E-state index in [1.165, 1.54) is 11.0 Å². The van der Waals surface area contributed by atoms with Gasteiger partial charge in [-0.1, -0.05) is 6.92 Å². The SMILES string of the molecule is CC[C@H](C)N(C(=O)COC(=O)c1cc([N+](=O)[O-])ccc1N)[C@H]1CCS(=O)(=O)C1. The molecule has 154 valence electrons. The van der Waals surface area contributed by atoms with Crippen molar-refractivity contribution < 1.29 is 27.7 Å². The van der Waals surface area contributed by atoms with Crippen molar-refractivity contribution in [2.75, 3.05) is 23.8 Å². The number of amides is 1. The Morgan fingerprint density at radius 3 is 2.64 bits per heavy atom. The van der Waals surface area contributed by atoms with E-state index in [-0.39, 0.29) is 34.5 Å². The van der Waals surface area contributed by atoms with Crippen LogP contribution in [0.25, 0.3) is 0 Å². The van der Waals surface area contributed by atoms with Crippen molar-refractivity contribution >= 4 is 33.1 Å². The van der Waals surface area contributed by atoms with Gasteiger partial charge in [0.2, 0.25) is 0 Å². The summed E-state index contributed by atoms with van der Waals surface area (Å²) in [5.74, 6) is -1.58. The van der Waals surface area contributed by atoms with Gasteiger partial charge in [0.25, 0.3) is 11.6 Å². The number of esters is 1. The molecule has 0 aliphatic carbocycles. The van der Waals surface area contributed by atoms with Crippen LogP contribution in [0.3, 0.4) is 0 Å². The Balaban J connectivity index is 2.11. The molecule has 2 N–H and O–H groups in total. The van der Waals surface area contributed by atoms with Crippen molar-refractivity contribution in [1.82, 2.24) is 4.90 Å². The number of nitro groups is 1. The molecule has 1 amide bonds. The fourth-order valence-electron chi connectivity index (χ4n) is 3.11. The largest absolute Gasteiger partial charge is 0.452 e. The summed E-state index contributed by atoms with van der Waals surface area (Å²) in [7, 11) is -3.19. The molecule has 28 heavy (non-hydrogen) atoms. The monoisotopic (exact) mass is 413 g/mol. The van der Waals surface area contributed by atoms with E-state index in [1.807, 2.05) is 6.92 Å². The minimum Gasteiger partial charge on any atom is -0.452 e. The minimum atomic E-state index is -3.19. The fourth-order valence-corrected chi connectivity index (χ4v) is 4.83. The topological polar surface area (TPSA) is 150 Å². The summed E-state index contributed by atoms with van der Waals surface area (Å²) in [6, 6.07) is 2.66. The lowest BCUT2D eigenvalue weighted by molar-refractivity contribution is -0.384. The predicted molar refractivity (Wildman–Crippen MR) is 101 cm³/mol. The first-order valence-corrected chi connectivity index (χ1v) is 10.6. The van der Waals surface area contributed by atoms with E-state index in [0.29, 0.717) is 12.8 Å². The van der Waals surface area contributed by atoms with Crippen LogP contribution in [0.1, 0.15) is 37.0 Å². The number of sulfone groups is 1. The van der Waals surface area contributed by atoms with Gasteiger partial charge in [0.1, 0.15) is 0 Å². The third-order valence-electron chi connectivity index (χ3n) is 4.75. The van der Waals surface area contributed by atoms with Crippen LogP contribution >= 0.6 is 0 Å². The number of carbonyl (C=O) groups excluding carboxylic acids is 2. The number of nitrogens with two attached hydrogens (primary N) is 1. The summed E-state index contributed by atoms with van der Waals surface area (Å²) in [6.07, 6.45) is 0.943. The minimum absolute atomic E-state index is 0.0104. The molecule has 2 rings (SSSR count). The van der Waals surface area contributed by atoms with E-state index in [4.69, 9.17) is 10.5 Å². The second-order valence-electron chi connectivity index (χ2n) is 6.72. The molecule has 1 aliphatic heterocycles. The lowest BCUT2D eigenvalue weighted by Crippen LogP contribution is -2.48. The zero-order chi connectivity index (χ0) is 21.1. The highest BCUT2D eigenvalue weighted by molar-refractivity contribution is 7.91. The molecule has 0 radical (unpaired) electrons. The summed E-state index contributed by atoms with van der Waals surface area (Å²) in [5.41, 5.74) is 5.12. The molecule has 10 nitrogen and oxygen atoms in total. The number of nitrogens with zero attached hydrogens (tertiary/aromatic N) is 2. The molecule has 1 saturated heterocycles. The van der Waals surface area contributed by atoms with Gasteiger partial charge in [-0.3, -0.25) is 14.9 Å². The maximum atomic E-state index is 12.7. The molecule has 0 aromatic heterocycles. The first-order chi connectivity index (χ1) is 13.1. The van der Waals surface area contributed by atoms with Crippen molar-refractivity contribution in [3.8, 4) is 0 Å². The average molecular weight is 413 g/mol. The summed E-state index contributed by atoms with van der Waals surface area (Å²) < 4.78 is 28.5. The molecule has 0 bridgehead atoms. The van der Waals surface area contributed by atoms with Crippen LogP contribution < -0.4 is 5.73 Å². The zero-order valence-corrected chi connectivity index (χ0v) is 16.5. The highest BCUT2D eigenvalue weighted by atomic mass is 32.2. The maximum Gasteiger partial charge on any atom is 0.341 e. The Morgan fingerprint density at radius 2 is 2.11 bits per heavy atom. The quantitative estimate of drug-likeness (QED) is 0.303. The molecule has 2 atom stereocenters. The summed E-state index contributed by atoms with van der Waals surface area (Å²) in [5, 5.41) is 10.9. The van der Waals surface area contributed by atoms with Gasteiger partial charge in [0.05, 0.1) is 22.0 Å². The summed E-state index contributed by atoms with van der Waals surface area (Å²) >= 11 is 0. The molecule has 0 spiro atoms. The van der Waals surface area contributed by atoms with Gasteiger partial charge in [0, 0.05) is 29.9 Å². The highest BCUT2D eigenvalue weighted by Gasteiger charge is 2.36. The number of anilines is 1. The van der Waals surface area contributed by atoms with Crippen molar-refractivity contribution in [3.05, 3.63) is 33.9 Å². The number of hydrogen-bond donors (Lipinski definition) is 1. The van der Waals surface area contributed by atoms with Crippen LogP contribution in [0.5, 0.6) is 0 Å². The molecule has 11 heteroatoms. The maximum absolute atomic E-state index is 12.7. The van der Waals surface area contributed by atoms with Crippen LogP contribution in [-0.2, 0) is 19.4 Å². The lowest BCUT2D eigenvalue weighted by atomic mass is 10.1. The number of benzene rings is 1. The number of nitrogen functional groups attached to an aromatic ring is 1. The number of hydrogen-bond acceptors (Lipinski definition) is 8. The number of non-ortho nitro benzene ring substituents is 1. The number of ether oxygens (including phenoxy) is 1. The van der Waals surface area contributed by atoms with Gasteiger partial charge < -0.3 is 15.4 Å². The van der Waals surface area contributed by atoms with Crippen LogP contribution in [0, 0.1) is 10.1 Å². The molecular weight excluding hydrogens is 390 g/mol. The van der Waals surface area contributed by atoms with Gasteiger partial charge in [0.15, 0.2) is 16.4 Å². The summed E-state index contributed by atoms with van der Waals surface area (Å²) in [6.45, 7) is 3.05. The number of nitro benzene ring substituents is 1. The second-order valence-corrected chi connectivity index (χ2v) is 8.95. The Hall–Kier alpha value is -2.69. The van der Waals surface area contributed by atoms with Gasteiger partial charge in [-0.25, -0.2) is 13.2 Å². The van der Waals surface area contributed by atoms with E-state index in [0.717, 1.165) is 12.1 Å². The third-order valence-corrected chi connectivity index (χ3v) is 6.50. The smallest absolute Gasteiger partial charge is 0.341 e.